The Balaban J connectivity index is 1.28. The van der Waals surface area contributed by atoms with Crippen molar-refractivity contribution in [3.63, 3.8) is 0 Å². The number of aldehydes is 1. The molecule has 10 N–H and O–H groups in total. The molecule has 0 radical (unpaired) electrons. The number of fused-ring (bicyclic) bond motifs is 7. The molecule has 3 aromatic carbocycles. The molecular formula is C43H49N5O13. The molecule has 9 rings (SSSR count). The SMILES string of the molecule is N[C@@H]1NC(=O)[C@H]2NCN(c3ccccc3[C@H]3CCOC4(CCCC4)[C@@H]4O[C@H](Oc5c3cc3c(c5OC[C@H](O)CC=O)C(=O)c5cc(CO)ccc5C3=O)[C@@H](O)[C@H](O)[C@H]4O)[C@H]2N1. The van der Waals surface area contributed by atoms with Crippen LogP contribution >= 0.6 is 0 Å². The lowest BCUT2D eigenvalue weighted by molar-refractivity contribution is -0.309. The summed E-state index contributed by atoms with van der Waals surface area (Å²) in [4.78, 5) is 55.8. The first-order valence-corrected chi connectivity index (χ1v) is 20.6. The zero-order valence-corrected chi connectivity index (χ0v) is 33.1. The van der Waals surface area contributed by atoms with Crippen molar-refractivity contribution in [2.24, 2.45) is 5.73 Å². The summed E-state index contributed by atoms with van der Waals surface area (Å²) < 4.78 is 26.2. The standard InChI is InChI=1S/C43H49N5O13/c44-42-46-39-30(40(57)47-42)45-19-48(39)28-6-2-1-5-23(28)22-10-14-59-43(11-3-4-12-43)38-34(55)33(54)35(56)41(61-38)60-36-26(22)16-27-29(37(36)58-18-21(51)9-13-49)32(53)25-15-20(17-50)7-8-24(25)31(27)52/h1-2,5-8,13,15-16,21-22,30,33-35,38-39,41-42,45-46,50-51,54-56H,3-4,9-12,14,17-19,44H2,(H,47,57)/t21-,22-,30+,33-,34-,35+,38-,39-,41+,42+/m1/s1. The maximum absolute atomic E-state index is 14.7. The number of amides is 1. The second kappa shape index (κ2) is 16.4. The van der Waals surface area contributed by atoms with E-state index in [0.717, 1.165) is 12.8 Å². The smallest absolute Gasteiger partial charge is 0.242 e. The second-order valence-corrected chi connectivity index (χ2v) is 16.6. The van der Waals surface area contributed by atoms with Gasteiger partial charge in [0.2, 0.25) is 12.2 Å². The van der Waals surface area contributed by atoms with Gasteiger partial charge in [-0.15, -0.1) is 0 Å². The summed E-state index contributed by atoms with van der Waals surface area (Å²) in [6.45, 7) is -0.637. The third-order valence-corrected chi connectivity index (χ3v) is 12.9. The molecule has 324 valence electrons. The van der Waals surface area contributed by atoms with E-state index in [1.165, 1.54) is 12.1 Å². The van der Waals surface area contributed by atoms with Crippen molar-refractivity contribution in [3.8, 4) is 11.5 Å². The van der Waals surface area contributed by atoms with Crippen molar-refractivity contribution < 1.29 is 63.7 Å². The van der Waals surface area contributed by atoms with Crippen molar-refractivity contribution in [2.75, 3.05) is 24.8 Å². The van der Waals surface area contributed by atoms with E-state index >= 15 is 0 Å². The topological polar surface area (TPSA) is 272 Å². The minimum absolute atomic E-state index is 0.0108. The monoisotopic (exact) mass is 843 g/mol. The molecule has 1 amide bonds. The Morgan fingerprint density at radius 2 is 1.75 bits per heavy atom. The molecule has 18 heteroatoms. The van der Waals surface area contributed by atoms with Gasteiger partial charge >= 0.3 is 0 Å². The second-order valence-electron chi connectivity index (χ2n) is 16.6. The largest absolute Gasteiger partial charge is 0.486 e. The van der Waals surface area contributed by atoms with Crippen LogP contribution < -0.4 is 36.1 Å². The number of rotatable bonds is 8. The van der Waals surface area contributed by atoms with Crippen LogP contribution in [0.25, 0.3) is 0 Å². The molecule has 18 nitrogen and oxygen atoms in total. The molecule has 6 aliphatic rings. The number of aliphatic hydroxyl groups is 5. The fourth-order valence-corrected chi connectivity index (χ4v) is 9.89. The van der Waals surface area contributed by atoms with E-state index in [-0.39, 0.29) is 71.3 Å². The lowest BCUT2D eigenvalue weighted by atomic mass is 9.78. The van der Waals surface area contributed by atoms with E-state index in [1.54, 1.807) is 12.1 Å². The van der Waals surface area contributed by atoms with Gasteiger partial charge in [-0.25, -0.2) is 0 Å². The predicted molar refractivity (Wildman–Crippen MR) is 213 cm³/mol. The Morgan fingerprint density at radius 1 is 0.967 bits per heavy atom. The van der Waals surface area contributed by atoms with E-state index in [0.29, 0.717) is 35.9 Å². The zero-order valence-electron chi connectivity index (χ0n) is 33.1. The Kier molecular flexibility index (Phi) is 11.2. The van der Waals surface area contributed by atoms with Crippen LogP contribution in [0.5, 0.6) is 11.5 Å². The summed E-state index contributed by atoms with van der Waals surface area (Å²) in [5, 5.41) is 64.3. The number of hydrogen-bond donors (Lipinski definition) is 9. The van der Waals surface area contributed by atoms with E-state index in [4.69, 9.17) is 24.7 Å². The Hall–Kier alpha value is -4.86. The van der Waals surface area contributed by atoms with Crippen LogP contribution in [0, 0.1) is 0 Å². The number of carbonyl (C=O) groups excluding carboxylic acids is 4. The molecule has 4 aliphatic heterocycles. The molecule has 10 atom stereocenters. The van der Waals surface area contributed by atoms with Crippen LogP contribution in [-0.4, -0.2) is 130 Å². The van der Waals surface area contributed by atoms with Crippen LogP contribution in [0.1, 0.15) is 93.0 Å². The van der Waals surface area contributed by atoms with E-state index in [9.17, 15) is 44.7 Å². The molecule has 61 heavy (non-hydrogen) atoms. The number of nitrogens with two attached hydrogens (primary N) is 1. The maximum atomic E-state index is 14.7. The quantitative estimate of drug-likeness (QED) is 0.0999. The highest BCUT2D eigenvalue weighted by atomic mass is 16.7. The van der Waals surface area contributed by atoms with Gasteiger partial charge in [0.15, 0.2) is 23.1 Å². The Morgan fingerprint density at radius 3 is 2.52 bits per heavy atom. The predicted octanol–water partition coefficient (Wildman–Crippen LogP) is -0.642. The minimum Gasteiger partial charge on any atom is -0.486 e. The molecule has 0 unspecified atom stereocenters. The minimum atomic E-state index is -1.83. The van der Waals surface area contributed by atoms with Crippen molar-refractivity contribution in [2.45, 2.75) is 112 Å². The first kappa shape index (κ1) is 41.5. The fourth-order valence-electron chi connectivity index (χ4n) is 9.89. The molecule has 2 aliphatic carbocycles. The lowest BCUT2D eigenvalue weighted by Gasteiger charge is -2.47. The third-order valence-electron chi connectivity index (χ3n) is 12.9. The number of ether oxygens (including phenoxy) is 4. The highest BCUT2D eigenvalue weighted by molar-refractivity contribution is 6.29. The fraction of sp³-hybridized carbons (Fsp3) is 0.488. The lowest BCUT2D eigenvalue weighted by Crippen LogP contribution is -2.70. The number of benzene rings is 3. The van der Waals surface area contributed by atoms with Crippen LogP contribution in [0.15, 0.2) is 48.5 Å². The van der Waals surface area contributed by atoms with Crippen molar-refractivity contribution in [1.82, 2.24) is 16.0 Å². The average molecular weight is 844 g/mol. The zero-order chi connectivity index (χ0) is 42.7. The summed E-state index contributed by atoms with van der Waals surface area (Å²) in [5.41, 5.74) is 6.90. The number of aliphatic hydroxyl groups excluding tert-OH is 5. The summed E-state index contributed by atoms with van der Waals surface area (Å²) in [7, 11) is 0. The first-order chi connectivity index (χ1) is 29.4. The van der Waals surface area contributed by atoms with E-state index < -0.39 is 91.6 Å². The maximum Gasteiger partial charge on any atom is 0.242 e. The number of hydrogen-bond acceptors (Lipinski definition) is 17. The van der Waals surface area contributed by atoms with Gasteiger partial charge < -0.3 is 59.5 Å². The Bertz CT molecular complexity index is 2230. The molecule has 1 spiro atoms. The summed E-state index contributed by atoms with van der Waals surface area (Å²) in [5.74, 6) is -2.69. The van der Waals surface area contributed by atoms with Crippen molar-refractivity contribution >= 4 is 29.4 Å². The Labute approximate surface area is 349 Å². The van der Waals surface area contributed by atoms with Crippen LogP contribution in [0.3, 0.4) is 0 Å². The van der Waals surface area contributed by atoms with Crippen LogP contribution in [0.4, 0.5) is 5.69 Å². The van der Waals surface area contributed by atoms with Crippen molar-refractivity contribution in [1.29, 1.82) is 0 Å². The van der Waals surface area contributed by atoms with Gasteiger partial charge in [0.05, 0.1) is 30.5 Å². The number of carbonyl (C=O) groups is 4. The van der Waals surface area contributed by atoms with E-state index in [2.05, 4.69) is 16.0 Å². The van der Waals surface area contributed by atoms with Gasteiger partial charge in [-0.1, -0.05) is 37.1 Å². The molecular weight excluding hydrogens is 794 g/mol. The molecule has 2 bridgehead atoms. The van der Waals surface area contributed by atoms with Gasteiger partial charge in [0.1, 0.15) is 55.8 Å². The van der Waals surface area contributed by atoms with Crippen LogP contribution in [0.2, 0.25) is 0 Å². The van der Waals surface area contributed by atoms with Gasteiger partial charge in [0, 0.05) is 46.9 Å². The molecule has 1 saturated carbocycles. The van der Waals surface area contributed by atoms with Gasteiger partial charge in [-0.3, -0.25) is 30.8 Å². The van der Waals surface area contributed by atoms with Gasteiger partial charge in [-0.05, 0) is 54.7 Å². The molecule has 3 aromatic rings. The number of ketones is 2. The first-order valence-electron chi connectivity index (χ1n) is 20.6. The van der Waals surface area contributed by atoms with Gasteiger partial charge in [0.25, 0.3) is 0 Å². The normalized spacial score (nSPS) is 30.9. The molecule has 3 saturated heterocycles. The molecule has 0 aromatic heterocycles. The number of nitrogens with zero attached hydrogens (tertiary/aromatic N) is 1. The third kappa shape index (κ3) is 7.10. The summed E-state index contributed by atoms with van der Waals surface area (Å²) >= 11 is 0. The van der Waals surface area contributed by atoms with Crippen molar-refractivity contribution in [3.05, 3.63) is 87.5 Å². The van der Waals surface area contributed by atoms with Crippen LogP contribution in [-0.2, 0) is 25.7 Å². The van der Waals surface area contributed by atoms with Gasteiger partial charge in [-0.2, -0.15) is 0 Å². The molecule has 4 fully saturated rings. The highest BCUT2D eigenvalue weighted by Gasteiger charge is 2.56. The summed E-state index contributed by atoms with van der Waals surface area (Å²) in [6, 6.07) is 12.8. The average Bonchev–Trinajstić information content (AvgIpc) is 3.91. The number of para-hydroxylation sites is 1. The highest BCUT2D eigenvalue weighted by Crippen LogP contribution is 2.51. The summed E-state index contributed by atoms with van der Waals surface area (Å²) in [6.07, 6.45) is -7.91. The number of anilines is 1. The van der Waals surface area contributed by atoms with E-state index in [1.807, 2.05) is 29.2 Å². The number of nitrogens with one attached hydrogen (secondary N) is 3. The molecule has 4 heterocycles.